The van der Waals surface area contributed by atoms with E-state index in [9.17, 15) is 27.9 Å². The minimum absolute atomic E-state index is 0.285. The minimum atomic E-state index is -4.87. The largest absolute Gasteiger partial charge is 0.573 e. The van der Waals surface area contributed by atoms with Crippen molar-refractivity contribution in [1.29, 1.82) is 0 Å². The molecule has 0 aromatic heterocycles. The zero-order chi connectivity index (χ0) is 31.0. The predicted molar refractivity (Wildman–Crippen MR) is 153 cm³/mol. The van der Waals surface area contributed by atoms with Gasteiger partial charge in [0.1, 0.15) is 17.5 Å². The number of aliphatic carboxylic acids is 1. The molecule has 226 valence electrons. The van der Waals surface area contributed by atoms with Gasteiger partial charge in [-0.25, -0.2) is 4.79 Å². The van der Waals surface area contributed by atoms with Gasteiger partial charge in [-0.2, -0.15) is 0 Å². The fourth-order valence-corrected chi connectivity index (χ4v) is 5.04. The number of hydrogen-bond donors (Lipinski definition) is 2. The molecule has 1 atom stereocenters. The summed E-state index contributed by atoms with van der Waals surface area (Å²) in [6.45, 7) is 3.07. The van der Waals surface area contributed by atoms with E-state index in [0.717, 1.165) is 18.4 Å². The molecule has 9 nitrogen and oxygen atoms in total. The maximum absolute atomic E-state index is 14.3. The van der Waals surface area contributed by atoms with Gasteiger partial charge in [0.2, 0.25) is 5.60 Å². The van der Waals surface area contributed by atoms with Gasteiger partial charge in [0.15, 0.2) is 0 Å². The van der Waals surface area contributed by atoms with Crippen LogP contribution in [0.5, 0.6) is 11.5 Å². The van der Waals surface area contributed by atoms with Crippen LogP contribution in [0.1, 0.15) is 49.4 Å². The van der Waals surface area contributed by atoms with E-state index in [2.05, 4.69) is 15.2 Å². The number of anilines is 2. The highest BCUT2D eigenvalue weighted by atomic mass is 19.4. The third-order valence-corrected chi connectivity index (χ3v) is 7.50. The second-order valence-electron chi connectivity index (χ2n) is 11.1. The van der Waals surface area contributed by atoms with Gasteiger partial charge in [0, 0.05) is 35.3 Å². The first kappa shape index (κ1) is 29.7. The molecule has 0 saturated heterocycles. The number of halogens is 3. The number of carbonyl (C=O) groups is 2. The molecule has 3 aromatic rings. The molecule has 0 bridgehead atoms. The normalized spacial score (nSPS) is 16.1. The smallest absolute Gasteiger partial charge is 0.497 e. The van der Waals surface area contributed by atoms with Crippen molar-refractivity contribution in [3.8, 4) is 11.5 Å². The molecular weight excluding hydrogens is 567 g/mol. The quantitative estimate of drug-likeness (QED) is 0.217. The predicted octanol–water partition coefficient (Wildman–Crippen LogP) is 6.04. The highest BCUT2D eigenvalue weighted by Crippen LogP contribution is 2.57. The van der Waals surface area contributed by atoms with E-state index < -0.39 is 29.7 Å². The van der Waals surface area contributed by atoms with E-state index in [1.807, 2.05) is 6.07 Å². The van der Waals surface area contributed by atoms with Crippen LogP contribution in [0.3, 0.4) is 0 Å². The highest BCUT2D eigenvalue weighted by Gasteiger charge is 2.54. The van der Waals surface area contributed by atoms with Gasteiger partial charge < -0.3 is 29.6 Å². The van der Waals surface area contributed by atoms with Crippen LogP contribution in [0.4, 0.5) is 24.5 Å². The number of oxime groups is 1. The number of benzene rings is 3. The van der Waals surface area contributed by atoms with Gasteiger partial charge in [-0.05, 0) is 56.0 Å². The number of amides is 1. The van der Waals surface area contributed by atoms with Crippen LogP contribution in [0, 0.1) is 0 Å². The summed E-state index contributed by atoms with van der Waals surface area (Å²) in [7, 11) is 1.47. The average molecular weight is 598 g/mol. The molecule has 0 radical (unpaired) electrons. The maximum Gasteiger partial charge on any atom is 0.573 e. The van der Waals surface area contributed by atoms with Gasteiger partial charge >= 0.3 is 12.3 Å². The van der Waals surface area contributed by atoms with Crippen LogP contribution >= 0.6 is 0 Å². The van der Waals surface area contributed by atoms with Crippen molar-refractivity contribution in [2.24, 2.45) is 5.16 Å². The summed E-state index contributed by atoms with van der Waals surface area (Å²) in [6, 6.07) is 17.2. The number of nitrogens with one attached hydrogen (secondary N) is 1. The first-order valence-corrected chi connectivity index (χ1v) is 13.5. The van der Waals surface area contributed by atoms with Crippen LogP contribution in [-0.2, 0) is 19.8 Å². The molecular formula is C31H30F3N3O6. The number of carboxylic acids is 1. The lowest BCUT2D eigenvalue weighted by Crippen LogP contribution is -2.38. The summed E-state index contributed by atoms with van der Waals surface area (Å²) in [5.41, 5.74) is 1.01. The van der Waals surface area contributed by atoms with Crippen molar-refractivity contribution in [1.82, 2.24) is 0 Å². The molecule has 43 heavy (non-hydrogen) atoms. The molecule has 5 rings (SSSR count). The fraction of sp³-hybridized carbons (Fsp3) is 0.323. The first-order valence-electron chi connectivity index (χ1n) is 13.5. The molecule has 1 amide bonds. The van der Waals surface area contributed by atoms with E-state index in [1.165, 1.54) is 44.2 Å². The standard InChI is InChI=1S/C31H30F3N3O6/c1-29(2,28(39)40)43-35-17-19-13-21(15-23(14-19)41-3)36-26(20-7-5-4-6-8-20)27(38)37-18-30(11-12-30)24-10-9-22(16-25(24)37)42-31(32,33)34/h4-10,13-17,26,36H,11-12,18H2,1-3H3,(H,39,40). The number of rotatable bonds is 10. The Morgan fingerprint density at radius 2 is 1.77 bits per heavy atom. The molecule has 1 spiro atoms. The monoisotopic (exact) mass is 597 g/mol. The van der Waals surface area contributed by atoms with E-state index in [0.29, 0.717) is 34.8 Å². The third-order valence-electron chi connectivity index (χ3n) is 7.50. The van der Waals surface area contributed by atoms with E-state index in [-0.39, 0.29) is 11.3 Å². The summed E-state index contributed by atoms with van der Waals surface area (Å²) in [6.07, 6.45) is -1.89. The van der Waals surface area contributed by atoms with Crippen molar-refractivity contribution in [2.75, 3.05) is 23.9 Å². The number of methoxy groups -OCH3 is 1. The Bertz CT molecular complexity index is 1550. The van der Waals surface area contributed by atoms with Crippen molar-refractivity contribution in [2.45, 2.75) is 50.1 Å². The number of nitrogens with zero attached hydrogens (tertiary/aromatic N) is 2. The number of carbonyl (C=O) groups excluding carboxylic acids is 1. The van der Waals surface area contributed by atoms with Crippen molar-refractivity contribution < 1.29 is 42.2 Å². The second kappa shape index (κ2) is 11.2. The average Bonchev–Trinajstić information content (AvgIpc) is 3.66. The van der Waals surface area contributed by atoms with Crippen molar-refractivity contribution in [3.63, 3.8) is 0 Å². The molecule has 1 aliphatic heterocycles. The fourth-order valence-electron chi connectivity index (χ4n) is 5.04. The highest BCUT2D eigenvalue weighted by molar-refractivity contribution is 6.02. The summed E-state index contributed by atoms with van der Waals surface area (Å²) in [5.74, 6) is -1.50. The minimum Gasteiger partial charge on any atom is -0.497 e. The molecule has 1 aliphatic carbocycles. The zero-order valence-electron chi connectivity index (χ0n) is 23.6. The maximum atomic E-state index is 14.3. The Morgan fingerprint density at radius 1 is 1.05 bits per heavy atom. The summed E-state index contributed by atoms with van der Waals surface area (Å²) in [4.78, 5) is 32.3. The van der Waals surface area contributed by atoms with E-state index >= 15 is 0 Å². The second-order valence-corrected chi connectivity index (χ2v) is 11.1. The Morgan fingerprint density at radius 3 is 2.40 bits per heavy atom. The van der Waals surface area contributed by atoms with Crippen LogP contribution in [-0.4, -0.2) is 48.8 Å². The molecule has 1 heterocycles. The van der Waals surface area contributed by atoms with Crippen LogP contribution in [0.15, 0.2) is 71.9 Å². The van der Waals surface area contributed by atoms with Gasteiger partial charge in [0.25, 0.3) is 5.91 Å². The number of hydrogen-bond acceptors (Lipinski definition) is 7. The molecule has 3 aromatic carbocycles. The summed E-state index contributed by atoms with van der Waals surface area (Å²) >= 11 is 0. The van der Waals surface area contributed by atoms with E-state index in [1.54, 1.807) is 48.5 Å². The van der Waals surface area contributed by atoms with E-state index in [4.69, 9.17) is 9.57 Å². The van der Waals surface area contributed by atoms with Gasteiger partial charge in [-0.15, -0.1) is 13.2 Å². The van der Waals surface area contributed by atoms with Crippen molar-refractivity contribution >= 4 is 29.5 Å². The lowest BCUT2D eigenvalue weighted by molar-refractivity contribution is -0.274. The van der Waals surface area contributed by atoms with Crippen LogP contribution < -0.4 is 19.7 Å². The number of carboxylic acid groups (broad SMARTS) is 1. The van der Waals surface area contributed by atoms with Crippen LogP contribution in [0.25, 0.3) is 0 Å². The SMILES string of the molecule is COc1cc(C=NOC(C)(C)C(=O)O)cc(NC(C(=O)N2CC3(CC3)c3ccc(OC(F)(F)F)cc32)c2ccccc2)c1. The topological polar surface area (TPSA) is 110 Å². The number of alkyl halides is 3. The molecule has 1 saturated carbocycles. The Balaban J connectivity index is 1.47. The Labute approximate surface area is 245 Å². The molecule has 1 fully saturated rings. The summed E-state index contributed by atoms with van der Waals surface area (Å²) < 4.78 is 48.6. The van der Waals surface area contributed by atoms with Gasteiger partial charge in [-0.1, -0.05) is 41.6 Å². The zero-order valence-corrected chi connectivity index (χ0v) is 23.6. The number of fused-ring (bicyclic) bond motifs is 2. The van der Waals surface area contributed by atoms with Crippen LogP contribution in [0.2, 0.25) is 0 Å². The molecule has 12 heteroatoms. The summed E-state index contributed by atoms with van der Waals surface area (Å²) in [5, 5.41) is 16.3. The van der Waals surface area contributed by atoms with Gasteiger partial charge in [-0.3, -0.25) is 4.79 Å². The third kappa shape index (κ3) is 6.52. The molecule has 2 N–H and O–H groups in total. The lowest BCUT2D eigenvalue weighted by atomic mass is 9.99. The molecule has 1 unspecified atom stereocenters. The molecule has 2 aliphatic rings. The van der Waals surface area contributed by atoms with Crippen molar-refractivity contribution in [3.05, 3.63) is 83.4 Å². The first-order chi connectivity index (χ1) is 20.3. The van der Waals surface area contributed by atoms with Gasteiger partial charge in [0.05, 0.1) is 19.0 Å². The lowest BCUT2D eigenvalue weighted by Gasteiger charge is -2.27. The Hall–Kier alpha value is -4.74. The number of ether oxygens (including phenoxy) is 2. The Kier molecular flexibility index (Phi) is 7.72.